The molecule has 2 heterocycles. The molecule has 0 spiro atoms. The van der Waals surface area contributed by atoms with Crippen molar-refractivity contribution in [1.82, 2.24) is 14.7 Å². The number of hydrogen-bond acceptors (Lipinski definition) is 4. The van der Waals surface area contributed by atoms with Crippen LogP contribution in [0, 0.1) is 5.82 Å². The van der Waals surface area contributed by atoms with E-state index in [2.05, 4.69) is 0 Å². The minimum Gasteiger partial charge on any atom is -0.290 e. The first kappa shape index (κ1) is 20.5. The van der Waals surface area contributed by atoms with Crippen LogP contribution in [0.3, 0.4) is 0 Å². The monoisotopic (exact) mass is 437 g/mol. The average Bonchev–Trinajstić information content (AvgIpc) is 3.30. The number of rotatable bonds is 5. The molecule has 0 bridgehead atoms. The van der Waals surface area contributed by atoms with E-state index in [-0.39, 0.29) is 17.8 Å². The summed E-state index contributed by atoms with van der Waals surface area (Å²) < 4.78 is 15.8. The third kappa shape index (κ3) is 3.95. The van der Waals surface area contributed by atoms with Crippen LogP contribution in [0.15, 0.2) is 65.7 Å². The number of thiocarbonyl (C=S) groups is 1. The van der Waals surface area contributed by atoms with E-state index in [4.69, 9.17) is 17.3 Å². The van der Waals surface area contributed by atoms with Gasteiger partial charge in [0.1, 0.15) is 10.1 Å². The fourth-order valence-corrected chi connectivity index (χ4v) is 4.67. The lowest BCUT2D eigenvalue weighted by molar-refractivity contribution is -0.123. The normalized spacial score (nSPS) is 16.5. The Morgan fingerprint density at radius 1 is 1.17 bits per heavy atom. The van der Waals surface area contributed by atoms with E-state index in [1.54, 1.807) is 21.7 Å². The Bertz CT molecular complexity index is 1120. The van der Waals surface area contributed by atoms with Crippen molar-refractivity contribution >= 4 is 40.3 Å². The minimum absolute atomic E-state index is 0.0482. The zero-order chi connectivity index (χ0) is 21.3. The van der Waals surface area contributed by atoms with E-state index >= 15 is 0 Å². The van der Waals surface area contributed by atoms with Gasteiger partial charge in [-0.2, -0.15) is 5.10 Å². The summed E-state index contributed by atoms with van der Waals surface area (Å²) in [6.45, 7) is 4.02. The summed E-state index contributed by atoms with van der Waals surface area (Å²) in [7, 11) is 0. The first-order valence-electron chi connectivity index (χ1n) is 9.66. The predicted octanol–water partition coefficient (Wildman–Crippen LogP) is 5.68. The molecule has 1 aliphatic rings. The highest BCUT2D eigenvalue weighted by Crippen LogP contribution is 2.36. The lowest BCUT2D eigenvalue weighted by Gasteiger charge is -2.21. The third-order valence-electron chi connectivity index (χ3n) is 5.02. The lowest BCUT2D eigenvalue weighted by Crippen LogP contribution is -2.36. The highest BCUT2D eigenvalue weighted by molar-refractivity contribution is 8.26. The van der Waals surface area contributed by atoms with Gasteiger partial charge >= 0.3 is 0 Å². The van der Waals surface area contributed by atoms with Crippen molar-refractivity contribution < 1.29 is 9.18 Å². The summed E-state index contributed by atoms with van der Waals surface area (Å²) in [5.74, 6) is -0.394. The molecule has 3 aromatic rings. The topological polar surface area (TPSA) is 38.1 Å². The Morgan fingerprint density at radius 3 is 2.53 bits per heavy atom. The molecule has 1 amide bonds. The number of carbonyl (C=O) groups excluding carboxylic acids is 1. The molecule has 0 saturated carbocycles. The Hall–Kier alpha value is -2.77. The fourth-order valence-electron chi connectivity index (χ4n) is 3.22. The molecule has 0 N–H and O–H groups in total. The number of halogens is 1. The van der Waals surface area contributed by atoms with Gasteiger partial charge in [-0.25, -0.2) is 9.07 Å². The van der Waals surface area contributed by atoms with Gasteiger partial charge in [0.05, 0.1) is 16.3 Å². The van der Waals surface area contributed by atoms with Crippen LogP contribution in [0.25, 0.3) is 23.0 Å². The van der Waals surface area contributed by atoms with Gasteiger partial charge in [-0.15, -0.1) is 0 Å². The maximum absolute atomic E-state index is 13.4. The van der Waals surface area contributed by atoms with Crippen LogP contribution in [-0.4, -0.2) is 30.9 Å². The van der Waals surface area contributed by atoms with E-state index in [1.807, 2.05) is 56.5 Å². The van der Waals surface area contributed by atoms with Crippen molar-refractivity contribution in [2.75, 3.05) is 0 Å². The van der Waals surface area contributed by atoms with Gasteiger partial charge in [0, 0.05) is 23.4 Å². The predicted molar refractivity (Wildman–Crippen MR) is 124 cm³/mol. The van der Waals surface area contributed by atoms with Gasteiger partial charge in [0.25, 0.3) is 5.91 Å². The number of thioether (sulfide) groups is 1. The van der Waals surface area contributed by atoms with E-state index in [0.717, 1.165) is 23.2 Å². The maximum Gasteiger partial charge on any atom is 0.266 e. The smallest absolute Gasteiger partial charge is 0.266 e. The summed E-state index contributed by atoms with van der Waals surface area (Å²) in [4.78, 5) is 15.2. The molecule has 2 aromatic carbocycles. The zero-order valence-electron chi connectivity index (χ0n) is 16.6. The van der Waals surface area contributed by atoms with E-state index in [0.29, 0.717) is 14.9 Å². The van der Waals surface area contributed by atoms with Crippen LogP contribution in [0.2, 0.25) is 0 Å². The highest BCUT2D eigenvalue weighted by atomic mass is 32.2. The molecular weight excluding hydrogens is 417 g/mol. The van der Waals surface area contributed by atoms with Crippen LogP contribution in [0.4, 0.5) is 4.39 Å². The second-order valence-corrected chi connectivity index (χ2v) is 8.70. The molecule has 1 aromatic heterocycles. The number of aromatic nitrogens is 2. The van der Waals surface area contributed by atoms with Gasteiger partial charge in [0.15, 0.2) is 0 Å². The van der Waals surface area contributed by atoms with Crippen LogP contribution in [0.5, 0.6) is 0 Å². The molecule has 1 fully saturated rings. The summed E-state index contributed by atoms with van der Waals surface area (Å²) in [6.07, 6.45) is 4.53. The van der Waals surface area contributed by atoms with Crippen molar-refractivity contribution in [1.29, 1.82) is 0 Å². The number of nitrogens with zero attached hydrogens (tertiary/aromatic N) is 3. The average molecular weight is 438 g/mol. The van der Waals surface area contributed by atoms with E-state index < -0.39 is 0 Å². The molecule has 30 heavy (non-hydrogen) atoms. The Morgan fingerprint density at radius 2 is 1.87 bits per heavy atom. The molecule has 1 saturated heterocycles. The summed E-state index contributed by atoms with van der Waals surface area (Å²) in [5, 5.41) is 4.72. The Balaban J connectivity index is 1.79. The number of carbonyl (C=O) groups is 1. The number of amides is 1. The summed E-state index contributed by atoms with van der Waals surface area (Å²) >= 11 is 6.74. The van der Waals surface area contributed by atoms with Gasteiger partial charge in [-0.1, -0.05) is 49.1 Å². The maximum atomic E-state index is 13.4. The van der Waals surface area contributed by atoms with Gasteiger partial charge in [-0.3, -0.25) is 9.69 Å². The largest absolute Gasteiger partial charge is 0.290 e. The molecule has 0 radical (unpaired) electrons. The van der Waals surface area contributed by atoms with Crippen molar-refractivity contribution in [3.8, 4) is 16.9 Å². The molecule has 0 aliphatic carbocycles. The van der Waals surface area contributed by atoms with Crippen molar-refractivity contribution in [2.45, 2.75) is 26.3 Å². The van der Waals surface area contributed by atoms with E-state index in [1.165, 1.54) is 23.9 Å². The molecule has 7 heteroatoms. The third-order valence-corrected chi connectivity index (χ3v) is 6.35. The van der Waals surface area contributed by atoms with Crippen molar-refractivity contribution in [2.24, 2.45) is 0 Å². The molecule has 1 aliphatic heterocycles. The molecule has 4 rings (SSSR count). The first-order chi connectivity index (χ1) is 14.5. The molecule has 1 atom stereocenters. The van der Waals surface area contributed by atoms with Crippen molar-refractivity contribution in [3.05, 3.63) is 77.1 Å². The Kier molecular flexibility index (Phi) is 5.83. The van der Waals surface area contributed by atoms with Crippen LogP contribution >= 0.6 is 24.0 Å². The van der Waals surface area contributed by atoms with Gasteiger partial charge in [-0.05, 0) is 55.8 Å². The number of para-hydroxylation sites is 1. The number of benzene rings is 2. The Labute approximate surface area is 184 Å². The number of hydrogen-bond donors (Lipinski definition) is 0. The zero-order valence-corrected chi connectivity index (χ0v) is 18.2. The van der Waals surface area contributed by atoms with Crippen molar-refractivity contribution in [3.63, 3.8) is 0 Å². The van der Waals surface area contributed by atoms with E-state index in [9.17, 15) is 9.18 Å². The lowest BCUT2D eigenvalue weighted by atomic mass is 10.1. The highest BCUT2D eigenvalue weighted by Gasteiger charge is 2.35. The SMILES string of the molecule is CCC(C)N1C(=O)C(=Cc2cn(-c3ccccc3)nc2-c2ccc(F)cc2)SC1=S. The molecule has 4 nitrogen and oxygen atoms in total. The fraction of sp³-hybridized carbons (Fsp3) is 0.174. The second-order valence-electron chi connectivity index (χ2n) is 7.03. The second kappa shape index (κ2) is 8.53. The summed E-state index contributed by atoms with van der Waals surface area (Å²) in [6, 6.07) is 16.0. The van der Waals surface area contributed by atoms with Gasteiger partial charge < -0.3 is 0 Å². The molecular formula is C23H20FN3OS2. The molecule has 1 unspecified atom stereocenters. The van der Waals surface area contributed by atoms with Crippen LogP contribution in [-0.2, 0) is 4.79 Å². The summed E-state index contributed by atoms with van der Waals surface area (Å²) in [5.41, 5.74) is 3.12. The first-order valence-corrected chi connectivity index (χ1v) is 10.9. The van der Waals surface area contributed by atoms with Crippen LogP contribution in [0.1, 0.15) is 25.8 Å². The van der Waals surface area contributed by atoms with Gasteiger partial charge in [0.2, 0.25) is 0 Å². The molecule has 152 valence electrons. The van der Waals surface area contributed by atoms with Crippen LogP contribution < -0.4 is 0 Å². The quantitative estimate of drug-likeness (QED) is 0.380. The minimum atomic E-state index is -0.308. The standard InChI is InChI=1S/C23H20FN3OS2/c1-3-15(2)27-22(28)20(30-23(27)29)13-17-14-26(19-7-5-4-6-8-19)25-21(17)16-9-11-18(24)12-10-16/h4-15H,3H2,1-2H3.